The normalized spacial score (nSPS) is 10.3. The van der Waals surface area contributed by atoms with Crippen molar-refractivity contribution in [1.82, 2.24) is 0 Å². The van der Waals surface area contributed by atoms with E-state index in [4.69, 9.17) is 0 Å². The van der Waals surface area contributed by atoms with Crippen molar-refractivity contribution in [2.24, 2.45) is 4.99 Å². The van der Waals surface area contributed by atoms with Crippen molar-refractivity contribution in [3.05, 3.63) is 0 Å². The summed E-state index contributed by atoms with van der Waals surface area (Å²) in [6.45, 7) is 5.04. The molecular formula is C5H11N. The fourth-order valence-electron chi connectivity index (χ4n) is 0.258. The lowest BCUT2D eigenvalue weighted by atomic mass is 10.7. The molecule has 0 aliphatic rings. The van der Waals surface area contributed by atoms with Gasteiger partial charge in [-0.05, 0) is 19.6 Å². The minimum absolute atomic E-state index is 0.924. The van der Waals surface area contributed by atoms with Crippen LogP contribution in [0.3, 0.4) is 0 Å². The predicted octanol–water partition coefficient (Wildman–Crippen LogP) is 1.49. The van der Waals surface area contributed by atoms with Crippen LogP contribution in [0.5, 0.6) is 0 Å². The van der Waals surface area contributed by atoms with Crippen LogP contribution in [-0.2, 0) is 0 Å². The second-order valence-corrected chi connectivity index (χ2v) is 1.09. The van der Waals surface area contributed by atoms with Gasteiger partial charge in [0.05, 0.1) is 0 Å². The molecule has 0 radical (unpaired) electrons. The minimum Gasteiger partial charge on any atom is -0.298 e. The lowest BCUT2D eigenvalue weighted by molar-refractivity contribution is 1.12. The molecule has 0 unspecified atom stereocenters. The number of nitrogens with zero attached hydrogens (tertiary/aromatic N) is 1. The Morgan fingerprint density at radius 2 is 2.17 bits per heavy atom. The molecule has 0 aliphatic heterocycles. The maximum absolute atomic E-state index is 3.97. The zero-order valence-corrected chi connectivity index (χ0v) is 4.44. The lowest BCUT2D eigenvalue weighted by Gasteiger charge is -1.74. The highest BCUT2D eigenvalue weighted by atomic mass is 14.9. The summed E-state index contributed by atoms with van der Waals surface area (Å²) in [5, 5.41) is 0. The van der Waals surface area contributed by atoms with Gasteiger partial charge in [0.15, 0.2) is 0 Å². The van der Waals surface area contributed by atoms with Crippen LogP contribution in [-0.4, -0.2) is 12.8 Å². The zero-order chi connectivity index (χ0) is 4.83. The first-order chi connectivity index (χ1) is 2.91. The Kier molecular flexibility index (Phi) is 4.41. The van der Waals surface area contributed by atoms with Crippen molar-refractivity contribution < 1.29 is 0 Å². The summed E-state index contributed by atoms with van der Waals surface area (Å²) < 4.78 is 0. The van der Waals surface area contributed by atoms with Gasteiger partial charge in [-0.15, -0.1) is 0 Å². The summed E-state index contributed by atoms with van der Waals surface area (Å²) >= 11 is 0. The van der Waals surface area contributed by atoms with E-state index in [0.717, 1.165) is 13.0 Å². The summed E-state index contributed by atoms with van der Waals surface area (Å²) in [6, 6.07) is 0. The van der Waals surface area contributed by atoms with Gasteiger partial charge in [0.25, 0.3) is 0 Å². The summed E-state index contributed by atoms with van der Waals surface area (Å²) in [7, 11) is 0. The maximum Gasteiger partial charge on any atom is 0.0357 e. The minimum atomic E-state index is 0.924. The molecule has 6 heavy (non-hydrogen) atoms. The van der Waals surface area contributed by atoms with Crippen LogP contribution < -0.4 is 0 Å². The van der Waals surface area contributed by atoms with E-state index in [-0.39, 0.29) is 0 Å². The maximum atomic E-state index is 3.97. The van der Waals surface area contributed by atoms with Crippen molar-refractivity contribution in [1.29, 1.82) is 0 Å². The molecule has 0 aliphatic carbocycles. The molecule has 0 heterocycles. The van der Waals surface area contributed by atoms with Crippen LogP contribution in [0.1, 0.15) is 20.3 Å². The summed E-state index contributed by atoms with van der Waals surface area (Å²) in [4.78, 5) is 3.97. The van der Waals surface area contributed by atoms with Gasteiger partial charge in [-0.25, -0.2) is 0 Å². The fraction of sp³-hybridized carbons (Fsp3) is 0.800. The van der Waals surface area contributed by atoms with Crippen LogP contribution in [0.4, 0.5) is 0 Å². The van der Waals surface area contributed by atoms with Crippen molar-refractivity contribution in [2.45, 2.75) is 20.3 Å². The van der Waals surface area contributed by atoms with Crippen LogP contribution in [0, 0.1) is 0 Å². The highest BCUT2D eigenvalue weighted by Crippen LogP contribution is 1.66. The van der Waals surface area contributed by atoms with E-state index in [1.54, 1.807) is 0 Å². The van der Waals surface area contributed by atoms with Crippen LogP contribution >= 0.6 is 0 Å². The van der Waals surface area contributed by atoms with Gasteiger partial charge in [0, 0.05) is 6.54 Å². The van der Waals surface area contributed by atoms with Crippen molar-refractivity contribution in [2.75, 3.05) is 6.54 Å². The number of rotatable bonds is 2. The highest BCUT2D eigenvalue weighted by molar-refractivity contribution is 5.56. The molecule has 0 N–H and O–H groups in total. The third-order valence-corrected chi connectivity index (χ3v) is 0.494. The molecule has 0 atom stereocenters. The molecule has 0 aromatic rings. The summed E-state index contributed by atoms with van der Waals surface area (Å²) in [5.74, 6) is 0. The first-order valence-corrected chi connectivity index (χ1v) is 2.40. The quantitative estimate of drug-likeness (QED) is 0.358. The molecule has 0 aromatic carbocycles. The standard InChI is InChI=1S/C5H11N/c1-3-5-6-4-2/h5H,3-4H2,1-2H3/i1+1,2+1,4+1. The molecule has 0 rings (SSSR count). The van der Waals surface area contributed by atoms with E-state index in [1.165, 1.54) is 0 Å². The van der Waals surface area contributed by atoms with Gasteiger partial charge in [0.1, 0.15) is 0 Å². The second-order valence-electron chi connectivity index (χ2n) is 1.09. The molecule has 1 nitrogen and oxygen atoms in total. The van der Waals surface area contributed by atoms with Gasteiger partial charge in [-0.2, -0.15) is 0 Å². The van der Waals surface area contributed by atoms with Gasteiger partial charge in [-0.1, -0.05) is 6.92 Å². The third-order valence-electron chi connectivity index (χ3n) is 0.494. The van der Waals surface area contributed by atoms with E-state index in [0.29, 0.717) is 0 Å². The Morgan fingerprint density at radius 1 is 1.50 bits per heavy atom. The van der Waals surface area contributed by atoms with Gasteiger partial charge in [-0.3, -0.25) is 4.99 Å². The van der Waals surface area contributed by atoms with E-state index >= 15 is 0 Å². The molecule has 36 valence electrons. The van der Waals surface area contributed by atoms with Crippen LogP contribution in [0.2, 0.25) is 0 Å². The van der Waals surface area contributed by atoms with Crippen molar-refractivity contribution in [3.8, 4) is 0 Å². The summed E-state index contributed by atoms with van der Waals surface area (Å²) in [6.07, 6.45) is 2.99. The Bertz CT molecular complexity index is 33.2. The van der Waals surface area contributed by atoms with Crippen LogP contribution in [0.25, 0.3) is 0 Å². The topological polar surface area (TPSA) is 12.4 Å². The second kappa shape index (κ2) is 4.67. The van der Waals surface area contributed by atoms with Gasteiger partial charge < -0.3 is 0 Å². The molecule has 0 saturated heterocycles. The number of hydrogen-bond donors (Lipinski definition) is 0. The van der Waals surface area contributed by atoms with Crippen LogP contribution in [0.15, 0.2) is 4.99 Å². The largest absolute Gasteiger partial charge is 0.298 e. The molecule has 0 spiro atoms. The lowest BCUT2D eigenvalue weighted by Crippen LogP contribution is -1.68. The Hall–Kier alpha value is -0.330. The molecule has 1 heteroatoms. The molecule has 0 fully saturated rings. The van der Waals surface area contributed by atoms with Gasteiger partial charge >= 0.3 is 0 Å². The highest BCUT2D eigenvalue weighted by Gasteiger charge is 1.59. The van der Waals surface area contributed by atoms with Gasteiger partial charge in [0.2, 0.25) is 0 Å². The predicted molar refractivity (Wildman–Crippen MR) is 29.3 cm³/mol. The van der Waals surface area contributed by atoms with Crippen molar-refractivity contribution in [3.63, 3.8) is 0 Å². The first-order valence-electron chi connectivity index (χ1n) is 2.40. The third kappa shape index (κ3) is 3.67. The molecule has 0 amide bonds. The molecule has 0 saturated carbocycles. The Balaban J connectivity index is 2.73. The Morgan fingerprint density at radius 3 is 2.33 bits per heavy atom. The number of aliphatic imine (C=N–C) groups is 1. The smallest absolute Gasteiger partial charge is 0.0357 e. The Labute approximate surface area is 39.1 Å². The van der Waals surface area contributed by atoms with Crippen molar-refractivity contribution >= 4 is 6.21 Å². The molecule has 0 aromatic heterocycles. The first kappa shape index (κ1) is 5.67. The van der Waals surface area contributed by atoms with E-state index < -0.39 is 0 Å². The summed E-state index contributed by atoms with van der Waals surface area (Å²) in [5.41, 5.74) is 0. The fourth-order valence-corrected chi connectivity index (χ4v) is 0.258. The molecular weight excluding hydrogens is 77.0 g/mol. The van der Waals surface area contributed by atoms with E-state index in [1.807, 2.05) is 13.1 Å². The van der Waals surface area contributed by atoms with E-state index in [9.17, 15) is 0 Å². The average Bonchev–Trinajstić information content (AvgIpc) is 1.61. The zero-order valence-electron chi connectivity index (χ0n) is 4.44. The monoisotopic (exact) mass is 88.1 g/mol. The van der Waals surface area contributed by atoms with E-state index in [2.05, 4.69) is 11.9 Å². The SMILES string of the molecule is [13CH3]CC=N[13CH2][13CH3]. The average molecular weight is 88.1 g/mol. The number of hydrogen-bond acceptors (Lipinski definition) is 1. The molecule has 0 bridgehead atoms.